The van der Waals surface area contributed by atoms with Gasteiger partial charge < -0.3 is 5.32 Å². The van der Waals surface area contributed by atoms with E-state index in [1.54, 1.807) is 0 Å². The molecule has 2 rings (SSSR count). The van der Waals surface area contributed by atoms with Crippen LogP contribution < -0.4 is 5.32 Å². The zero-order valence-corrected chi connectivity index (χ0v) is 12.9. The van der Waals surface area contributed by atoms with Gasteiger partial charge in [0, 0.05) is 24.7 Å². The van der Waals surface area contributed by atoms with E-state index in [0.717, 1.165) is 23.5 Å². The van der Waals surface area contributed by atoms with Crippen molar-refractivity contribution in [1.82, 2.24) is 25.3 Å². The van der Waals surface area contributed by atoms with Crippen LogP contribution in [0.5, 0.6) is 0 Å². The lowest BCUT2D eigenvalue weighted by molar-refractivity contribution is 0.513. The van der Waals surface area contributed by atoms with E-state index in [1.165, 1.54) is 5.56 Å². The summed E-state index contributed by atoms with van der Waals surface area (Å²) in [6.07, 6.45) is 2.89. The van der Waals surface area contributed by atoms with E-state index in [2.05, 4.69) is 46.6 Å². The van der Waals surface area contributed by atoms with Crippen LogP contribution in [-0.2, 0) is 6.42 Å². The van der Waals surface area contributed by atoms with Crippen LogP contribution in [0.25, 0.3) is 0 Å². The molecule has 0 spiro atoms. The summed E-state index contributed by atoms with van der Waals surface area (Å²) in [7, 11) is 1.97. The summed E-state index contributed by atoms with van der Waals surface area (Å²) in [6.45, 7) is 8.23. The van der Waals surface area contributed by atoms with Crippen LogP contribution in [0, 0.1) is 13.8 Å². The third-order valence-corrected chi connectivity index (χ3v) is 3.47. The summed E-state index contributed by atoms with van der Waals surface area (Å²) in [4.78, 5) is 0. The number of hydrogen-bond acceptors (Lipinski definition) is 4. The standard InChI is InChI=1S/C15H23N5/c1-10(2)20-7-6-13(19-20)9-15(16-5)14-8-11(3)17-18-12(14)4/h6-8,10,15-16H,9H2,1-5H3. The third kappa shape index (κ3) is 3.22. The number of likely N-dealkylation sites (N-methyl/N-ethyl adjacent to an activating group) is 1. The minimum atomic E-state index is 0.208. The summed E-state index contributed by atoms with van der Waals surface area (Å²) in [5, 5.41) is 16.3. The van der Waals surface area contributed by atoms with Gasteiger partial charge in [-0.2, -0.15) is 15.3 Å². The first-order valence-corrected chi connectivity index (χ1v) is 7.03. The molecule has 0 aliphatic rings. The molecule has 5 heteroatoms. The topological polar surface area (TPSA) is 55.6 Å². The normalized spacial score (nSPS) is 12.9. The van der Waals surface area contributed by atoms with Gasteiger partial charge in [-0.15, -0.1) is 0 Å². The molecule has 0 radical (unpaired) electrons. The van der Waals surface area contributed by atoms with Gasteiger partial charge in [0.05, 0.1) is 17.1 Å². The maximum atomic E-state index is 4.62. The van der Waals surface area contributed by atoms with Crippen LogP contribution in [0.15, 0.2) is 18.3 Å². The Labute approximate surface area is 120 Å². The van der Waals surface area contributed by atoms with Gasteiger partial charge in [0.2, 0.25) is 0 Å². The molecular formula is C15H23N5. The Balaban J connectivity index is 2.21. The van der Waals surface area contributed by atoms with Gasteiger partial charge in [0.15, 0.2) is 0 Å². The smallest absolute Gasteiger partial charge is 0.0648 e. The molecule has 0 aliphatic carbocycles. The first-order chi connectivity index (χ1) is 9.51. The molecular weight excluding hydrogens is 250 g/mol. The molecule has 0 saturated heterocycles. The molecule has 1 atom stereocenters. The maximum Gasteiger partial charge on any atom is 0.0648 e. The lowest BCUT2D eigenvalue weighted by atomic mass is 10.0. The van der Waals surface area contributed by atoms with Crippen LogP contribution >= 0.6 is 0 Å². The average molecular weight is 273 g/mol. The molecule has 0 bridgehead atoms. The highest BCUT2D eigenvalue weighted by atomic mass is 15.3. The molecule has 0 aliphatic heterocycles. The van der Waals surface area contributed by atoms with Crippen molar-refractivity contribution in [3.8, 4) is 0 Å². The SMILES string of the molecule is CNC(Cc1ccn(C(C)C)n1)c1cc(C)nnc1C. The van der Waals surface area contributed by atoms with Crippen molar-refractivity contribution in [2.45, 2.75) is 46.2 Å². The van der Waals surface area contributed by atoms with Crippen LogP contribution in [0.1, 0.15) is 48.6 Å². The predicted molar refractivity (Wildman–Crippen MR) is 79.6 cm³/mol. The van der Waals surface area contributed by atoms with Crippen molar-refractivity contribution in [3.05, 3.63) is 41.0 Å². The van der Waals surface area contributed by atoms with E-state index < -0.39 is 0 Å². The van der Waals surface area contributed by atoms with Gasteiger partial charge >= 0.3 is 0 Å². The highest BCUT2D eigenvalue weighted by molar-refractivity contribution is 5.25. The minimum Gasteiger partial charge on any atom is -0.313 e. The Morgan fingerprint density at radius 2 is 2.00 bits per heavy atom. The van der Waals surface area contributed by atoms with Gasteiger partial charge in [-0.1, -0.05) is 0 Å². The fourth-order valence-electron chi connectivity index (χ4n) is 2.27. The van der Waals surface area contributed by atoms with Crippen molar-refractivity contribution >= 4 is 0 Å². The van der Waals surface area contributed by atoms with Crippen LogP contribution in [0.4, 0.5) is 0 Å². The number of aromatic nitrogens is 4. The van der Waals surface area contributed by atoms with E-state index in [1.807, 2.05) is 31.8 Å². The Morgan fingerprint density at radius 3 is 2.60 bits per heavy atom. The first-order valence-electron chi connectivity index (χ1n) is 7.03. The molecule has 0 aromatic carbocycles. The Hall–Kier alpha value is -1.75. The van der Waals surface area contributed by atoms with Gasteiger partial charge in [0.1, 0.15) is 0 Å². The molecule has 0 saturated carbocycles. The molecule has 2 aromatic rings. The van der Waals surface area contributed by atoms with E-state index >= 15 is 0 Å². The average Bonchev–Trinajstić information content (AvgIpc) is 2.88. The van der Waals surface area contributed by atoms with Gasteiger partial charge in [-0.05, 0) is 52.4 Å². The highest BCUT2D eigenvalue weighted by Crippen LogP contribution is 2.20. The predicted octanol–water partition coefficient (Wildman–Crippen LogP) is 2.37. The number of aryl methyl sites for hydroxylation is 2. The summed E-state index contributed by atoms with van der Waals surface area (Å²) in [6, 6.07) is 4.78. The van der Waals surface area contributed by atoms with Gasteiger partial charge in [-0.3, -0.25) is 4.68 Å². The molecule has 2 heterocycles. The molecule has 0 amide bonds. The second-order valence-corrected chi connectivity index (χ2v) is 5.45. The van der Waals surface area contributed by atoms with E-state index in [4.69, 9.17) is 0 Å². The summed E-state index contributed by atoms with van der Waals surface area (Å²) in [5.74, 6) is 0. The van der Waals surface area contributed by atoms with Crippen molar-refractivity contribution in [3.63, 3.8) is 0 Å². The Morgan fingerprint density at radius 1 is 1.25 bits per heavy atom. The lowest BCUT2D eigenvalue weighted by Crippen LogP contribution is -2.21. The van der Waals surface area contributed by atoms with Crippen molar-refractivity contribution in [2.75, 3.05) is 7.05 Å². The van der Waals surface area contributed by atoms with Gasteiger partial charge in [0.25, 0.3) is 0 Å². The minimum absolute atomic E-state index is 0.208. The van der Waals surface area contributed by atoms with E-state index in [0.29, 0.717) is 6.04 Å². The summed E-state index contributed by atoms with van der Waals surface area (Å²) in [5.41, 5.74) is 4.20. The number of rotatable bonds is 5. The van der Waals surface area contributed by atoms with E-state index in [9.17, 15) is 0 Å². The molecule has 5 nitrogen and oxygen atoms in total. The van der Waals surface area contributed by atoms with Crippen molar-refractivity contribution in [2.24, 2.45) is 0 Å². The summed E-state index contributed by atoms with van der Waals surface area (Å²) < 4.78 is 1.99. The number of nitrogens with one attached hydrogen (secondary N) is 1. The fraction of sp³-hybridized carbons (Fsp3) is 0.533. The monoisotopic (exact) mass is 273 g/mol. The maximum absolute atomic E-state index is 4.62. The fourth-order valence-corrected chi connectivity index (χ4v) is 2.27. The zero-order chi connectivity index (χ0) is 14.7. The van der Waals surface area contributed by atoms with Crippen LogP contribution in [-0.4, -0.2) is 27.0 Å². The van der Waals surface area contributed by atoms with Crippen LogP contribution in [0.3, 0.4) is 0 Å². The molecule has 20 heavy (non-hydrogen) atoms. The molecule has 2 aromatic heterocycles. The lowest BCUT2D eigenvalue weighted by Gasteiger charge is -2.17. The second kappa shape index (κ2) is 6.13. The van der Waals surface area contributed by atoms with Crippen LogP contribution in [0.2, 0.25) is 0 Å². The number of hydrogen-bond donors (Lipinski definition) is 1. The molecule has 108 valence electrons. The third-order valence-electron chi connectivity index (χ3n) is 3.47. The Kier molecular flexibility index (Phi) is 4.49. The first kappa shape index (κ1) is 14.7. The molecule has 0 fully saturated rings. The quantitative estimate of drug-likeness (QED) is 0.908. The van der Waals surface area contributed by atoms with Gasteiger partial charge in [-0.25, -0.2) is 0 Å². The summed E-state index contributed by atoms with van der Waals surface area (Å²) >= 11 is 0. The molecule has 1 unspecified atom stereocenters. The number of nitrogens with zero attached hydrogens (tertiary/aromatic N) is 4. The van der Waals surface area contributed by atoms with E-state index in [-0.39, 0.29) is 6.04 Å². The largest absolute Gasteiger partial charge is 0.313 e. The molecule has 1 N–H and O–H groups in total. The Bertz CT molecular complexity index is 573. The zero-order valence-electron chi connectivity index (χ0n) is 12.9. The van der Waals surface area contributed by atoms with Crippen molar-refractivity contribution < 1.29 is 0 Å². The van der Waals surface area contributed by atoms with Crippen molar-refractivity contribution in [1.29, 1.82) is 0 Å². The second-order valence-electron chi connectivity index (χ2n) is 5.45. The highest BCUT2D eigenvalue weighted by Gasteiger charge is 2.16.